The molecular formula is C15H29N3O3. The van der Waals surface area contributed by atoms with E-state index < -0.39 is 11.9 Å². The third kappa shape index (κ3) is 6.80. The van der Waals surface area contributed by atoms with E-state index in [-0.39, 0.29) is 12.6 Å². The van der Waals surface area contributed by atoms with Gasteiger partial charge in [0.2, 0.25) is 0 Å². The Hall–Kier alpha value is -1.30. The zero-order valence-corrected chi connectivity index (χ0v) is 13.2. The molecule has 1 rings (SSSR count). The van der Waals surface area contributed by atoms with Crippen LogP contribution in [0.4, 0.5) is 4.79 Å². The number of hydrogen-bond donors (Lipinski definition) is 3. The van der Waals surface area contributed by atoms with E-state index in [1.807, 2.05) is 6.92 Å². The van der Waals surface area contributed by atoms with Crippen LogP contribution >= 0.6 is 0 Å². The van der Waals surface area contributed by atoms with Crippen LogP contribution in [-0.2, 0) is 4.79 Å². The monoisotopic (exact) mass is 299 g/mol. The molecule has 1 saturated heterocycles. The Bertz CT molecular complexity index is 330. The van der Waals surface area contributed by atoms with E-state index in [0.29, 0.717) is 19.0 Å². The molecule has 0 aliphatic carbocycles. The highest BCUT2D eigenvalue weighted by Gasteiger charge is 2.19. The molecule has 1 aliphatic heterocycles. The first-order valence-electron chi connectivity index (χ1n) is 8.03. The van der Waals surface area contributed by atoms with Crippen LogP contribution in [0.25, 0.3) is 0 Å². The lowest BCUT2D eigenvalue weighted by atomic mass is 10.0. The second kappa shape index (κ2) is 9.60. The molecule has 2 amide bonds. The number of amides is 2. The van der Waals surface area contributed by atoms with Gasteiger partial charge in [-0.25, -0.2) is 4.79 Å². The Morgan fingerprint density at radius 1 is 1.14 bits per heavy atom. The second-order valence-corrected chi connectivity index (χ2v) is 5.86. The average molecular weight is 299 g/mol. The minimum absolute atomic E-state index is 0.188. The number of carbonyl (C=O) groups excluding carboxylic acids is 1. The van der Waals surface area contributed by atoms with E-state index in [1.165, 1.54) is 19.3 Å². The standard InChI is InChI=1S/C15H29N3O3/c1-3-7-13(14(19)20)11-17-15(21)16-10-12(2)18-8-5-4-6-9-18/h12-13H,3-11H2,1-2H3,(H,19,20)(H2,16,17,21). The first-order chi connectivity index (χ1) is 10.0. The van der Waals surface area contributed by atoms with Gasteiger partial charge in [0.05, 0.1) is 5.92 Å². The van der Waals surface area contributed by atoms with Crippen molar-refractivity contribution in [2.75, 3.05) is 26.2 Å². The lowest BCUT2D eigenvalue weighted by Gasteiger charge is -2.32. The fourth-order valence-electron chi connectivity index (χ4n) is 2.67. The molecule has 21 heavy (non-hydrogen) atoms. The summed E-state index contributed by atoms with van der Waals surface area (Å²) >= 11 is 0. The Labute approximate surface area is 127 Å². The Balaban J connectivity index is 2.21. The van der Waals surface area contributed by atoms with Crippen molar-refractivity contribution in [1.82, 2.24) is 15.5 Å². The van der Waals surface area contributed by atoms with Crippen LogP contribution in [0.15, 0.2) is 0 Å². The van der Waals surface area contributed by atoms with Gasteiger partial charge in [-0.3, -0.25) is 9.69 Å². The zero-order valence-electron chi connectivity index (χ0n) is 13.2. The molecule has 1 heterocycles. The van der Waals surface area contributed by atoms with Crippen molar-refractivity contribution in [1.29, 1.82) is 0 Å². The Morgan fingerprint density at radius 2 is 1.76 bits per heavy atom. The van der Waals surface area contributed by atoms with Crippen molar-refractivity contribution in [2.24, 2.45) is 5.92 Å². The molecule has 2 unspecified atom stereocenters. The van der Waals surface area contributed by atoms with Crippen molar-refractivity contribution in [3.8, 4) is 0 Å². The van der Waals surface area contributed by atoms with E-state index in [4.69, 9.17) is 5.11 Å². The molecule has 0 bridgehead atoms. The summed E-state index contributed by atoms with van der Waals surface area (Å²) in [7, 11) is 0. The predicted molar refractivity (Wildman–Crippen MR) is 82.3 cm³/mol. The smallest absolute Gasteiger partial charge is 0.314 e. The summed E-state index contributed by atoms with van der Waals surface area (Å²) in [4.78, 5) is 25.1. The van der Waals surface area contributed by atoms with Gasteiger partial charge in [0.1, 0.15) is 0 Å². The average Bonchev–Trinajstić information content (AvgIpc) is 2.49. The largest absolute Gasteiger partial charge is 0.481 e. The minimum Gasteiger partial charge on any atom is -0.481 e. The molecule has 2 atom stereocenters. The molecule has 0 aromatic rings. The lowest BCUT2D eigenvalue weighted by Crippen LogP contribution is -2.47. The first kappa shape index (κ1) is 17.8. The minimum atomic E-state index is -0.848. The van der Waals surface area contributed by atoms with Crippen molar-refractivity contribution in [3.63, 3.8) is 0 Å². The number of rotatable bonds is 8. The van der Waals surface area contributed by atoms with E-state index in [1.54, 1.807) is 0 Å². The quantitative estimate of drug-likeness (QED) is 0.636. The van der Waals surface area contributed by atoms with Crippen molar-refractivity contribution in [3.05, 3.63) is 0 Å². The number of urea groups is 1. The molecule has 0 aromatic carbocycles. The molecule has 0 saturated carbocycles. The number of carbonyl (C=O) groups is 2. The highest BCUT2D eigenvalue weighted by atomic mass is 16.4. The fraction of sp³-hybridized carbons (Fsp3) is 0.867. The maximum atomic E-state index is 11.7. The van der Waals surface area contributed by atoms with Gasteiger partial charge in [-0.1, -0.05) is 19.8 Å². The van der Waals surface area contributed by atoms with Crippen LogP contribution in [-0.4, -0.2) is 54.2 Å². The number of nitrogens with zero attached hydrogens (tertiary/aromatic N) is 1. The van der Waals surface area contributed by atoms with Gasteiger partial charge in [0.25, 0.3) is 0 Å². The highest BCUT2D eigenvalue weighted by molar-refractivity contribution is 5.75. The number of carboxylic acid groups (broad SMARTS) is 1. The van der Waals surface area contributed by atoms with Gasteiger partial charge in [-0.15, -0.1) is 0 Å². The van der Waals surface area contributed by atoms with E-state index >= 15 is 0 Å². The van der Waals surface area contributed by atoms with E-state index in [9.17, 15) is 9.59 Å². The summed E-state index contributed by atoms with van der Waals surface area (Å²) in [5.74, 6) is -1.35. The van der Waals surface area contributed by atoms with E-state index in [2.05, 4.69) is 22.5 Å². The number of nitrogens with one attached hydrogen (secondary N) is 2. The SMILES string of the molecule is CCCC(CNC(=O)NCC(C)N1CCCCC1)C(=O)O. The summed E-state index contributed by atoms with van der Waals surface area (Å²) in [6, 6.07) is 0.0446. The molecule has 3 N–H and O–H groups in total. The summed E-state index contributed by atoms with van der Waals surface area (Å²) in [5, 5.41) is 14.5. The van der Waals surface area contributed by atoms with Crippen LogP contribution < -0.4 is 10.6 Å². The van der Waals surface area contributed by atoms with Crippen LogP contribution in [0.2, 0.25) is 0 Å². The lowest BCUT2D eigenvalue weighted by molar-refractivity contribution is -0.141. The van der Waals surface area contributed by atoms with Crippen LogP contribution in [0.5, 0.6) is 0 Å². The molecule has 1 aliphatic rings. The molecule has 0 aromatic heterocycles. The summed E-state index contributed by atoms with van der Waals surface area (Å²) in [6.45, 7) is 7.04. The highest BCUT2D eigenvalue weighted by Crippen LogP contribution is 2.11. The van der Waals surface area contributed by atoms with Gasteiger partial charge in [-0.05, 0) is 39.3 Å². The first-order valence-corrected chi connectivity index (χ1v) is 8.03. The van der Waals surface area contributed by atoms with Crippen molar-refractivity contribution in [2.45, 2.75) is 52.0 Å². The Morgan fingerprint density at radius 3 is 2.33 bits per heavy atom. The maximum Gasteiger partial charge on any atom is 0.314 e. The zero-order chi connectivity index (χ0) is 15.7. The summed E-state index contributed by atoms with van der Waals surface area (Å²) < 4.78 is 0. The van der Waals surface area contributed by atoms with Crippen molar-refractivity contribution >= 4 is 12.0 Å². The van der Waals surface area contributed by atoms with Gasteiger partial charge >= 0.3 is 12.0 Å². The third-order valence-corrected chi connectivity index (χ3v) is 4.07. The van der Waals surface area contributed by atoms with Crippen molar-refractivity contribution < 1.29 is 14.7 Å². The second-order valence-electron chi connectivity index (χ2n) is 5.86. The number of aliphatic carboxylic acids is 1. The van der Waals surface area contributed by atoms with Crippen LogP contribution in [0, 0.1) is 5.92 Å². The summed E-state index contributed by atoms with van der Waals surface area (Å²) in [5.41, 5.74) is 0. The van der Waals surface area contributed by atoms with Gasteiger partial charge in [0.15, 0.2) is 0 Å². The predicted octanol–water partition coefficient (Wildman–Crippen LogP) is 1.66. The molecule has 6 heteroatoms. The van der Waals surface area contributed by atoms with Crippen LogP contribution in [0.3, 0.4) is 0 Å². The fourth-order valence-corrected chi connectivity index (χ4v) is 2.67. The third-order valence-electron chi connectivity index (χ3n) is 4.07. The van der Waals surface area contributed by atoms with Crippen LogP contribution in [0.1, 0.15) is 46.0 Å². The van der Waals surface area contributed by atoms with Gasteiger partial charge in [0, 0.05) is 19.1 Å². The van der Waals surface area contributed by atoms with E-state index in [0.717, 1.165) is 19.5 Å². The number of likely N-dealkylation sites (tertiary alicyclic amines) is 1. The topological polar surface area (TPSA) is 81.7 Å². The van der Waals surface area contributed by atoms with Gasteiger partial charge in [-0.2, -0.15) is 0 Å². The number of hydrogen-bond acceptors (Lipinski definition) is 3. The molecule has 6 nitrogen and oxygen atoms in total. The maximum absolute atomic E-state index is 11.7. The molecule has 122 valence electrons. The number of carboxylic acids is 1. The molecule has 1 fully saturated rings. The summed E-state index contributed by atoms with van der Waals surface area (Å²) in [6.07, 6.45) is 5.14. The molecular weight excluding hydrogens is 270 g/mol. The van der Waals surface area contributed by atoms with Gasteiger partial charge < -0.3 is 15.7 Å². The Kier molecular flexibility index (Phi) is 8.12. The normalized spacial score (nSPS) is 18.8. The molecule has 0 spiro atoms. The molecule has 0 radical (unpaired) electrons. The number of piperidine rings is 1.